The zero-order chi connectivity index (χ0) is 34.4. The number of likely N-dealkylation sites (tertiary alicyclic amines) is 1. The number of piperazine rings is 1. The van der Waals surface area contributed by atoms with Crippen LogP contribution in [0.3, 0.4) is 0 Å². The number of ether oxygens (including phenoxy) is 1. The average molecular weight is 665 g/mol. The minimum absolute atomic E-state index is 0.0198. The first-order valence-corrected chi connectivity index (χ1v) is 16.0. The standard InChI is InChI=1S/C35H43F3N8O2/c1-5-40-28-9-11-31(46-18-16-45(17-19-46)22-24-12-14-44(3)15-13-24)43-32(28)33(39)42-29-20-25(7-6-23(29)2)34(47)41-26-8-10-30(48-4)27(21-26)35(36,37)38/h5-11,20-21,24,42H,1,12-19,22,39H2,2-4H3,(H,41,47)/b33-32-,40-28-. The van der Waals surface area contributed by atoms with E-state index < -0.39 is 17.6 Å². The molecule has 2 aromatic carbocycles. The number of alkyl halides is 3. The topological polar surface area (TPSA) is 111 Å². The molecule has 0 bridgehead atoms. The Morgan fingerprint density at radius 1 is 1.08 bits per heavy atom. The second-order valence-corrected chi connectivity index (χ2v) is 12.3. The van der Waals surface area contributed by atoms with Crippen molar-refractivity contribution in [3.8, 4) is 5.75 Å². The lowest BCUT2D eigenvalue weighted by Gasteiger charge is -2.39. The van der Waals surface area contributed by atoms with Crippen LogP contribution in [0.15, 0.2) is 82.8 Å². The van der Waals surface area contributed by atoms with Gasteiger partial charge >= 0.3 is 6.18 Å². The van der Waals surface area contributed by atoms with Gasteiger partial charge in [0.1, 0.15) is 23.1 Å². The number of nitrogens with two attached hydrogens (primary N) is 1. The van der Waals surface area contributed by atoms with Gasteiger partial charge in [-0.2, -0.15) is 13.2 Å². The molecule has 3 aliphatic heterocycles. The summed E-state index contributed by atoms with van der Waals surface area (Å²) in [5.74, 6) is 0.838. The summed E-state index contributed by atoms with van der Waals surface area (Å²) < 4.78 is 45.4. The number of allylic oxidation sites excluding steroid dienone is 1. The van der Waals surface area contributed by atoms with Gasteiger partial charge in [-0.1, -0.05) is 12.6 Å². The van der Waals surface area contributed by atoms with Gasteiger partial charge in [0.05, 0.1) is 18.4 Å². The van der Waals surface area contributed by atoms with Crippen molar-refractivity contribution in [2.75, 3.05) is 70.6 Å². The van der Waals surface area contributed by atoms with E-state index in [0.717, 1.165) is 76.3 Å². The van der Waals surface area contributed by atoms with Crippen LogP contribution in [0.4, 0.5) is 24.5 Å². The third kappa shape index (κ3) is 8.45. The van der Waals surface area contributed by atoms with Crippen molar-refractivity contribution in [3.63, 3.8) is 0 Å². The number of rotatable bonds is 8. The van der Waals surface area contributed by atoms with E-state index in [1.54, 1.807) is 18.2 Å². The highest BCUT2D eigenvalue weighted by molar-refractivity contribution is 6.16. The van der Waals surface area contributed by atoms with E-state index in [9.17, 15) is 18.0 Å². The smallest absolute Gasteiger partial charge is 0.420 e. The number of benzene rings is 2. The van der Waals surface area contributed by atoms with Crippen LogP contribution in [-0.4, -0.2) is 92.1 Å². The maximum absolute atomic E-state index is 13.5. The van der Waals surface area contributed by atoms with Gasteiger partial charge in [-0.15, -0.1) is 0 Å². The number of carbonyl (C=O) groups excluding carboxylic acids is 1. The predicted molar refractivity (Wildman–Crippen MR) is 184 cm³/mol. The second kappa shape index (κ2) is 15.1. The van der Waals surface area contributed by atoms with Crippen molar-refractivity contribution >= 4 is 28.8 Å². The van der Waals surface area contributed by atoms with Crippen LogP contribution in [0.5, 0.6) is 5.75 Å². The van der Waals surface area contributed by atoms with Crippen LogP contribution in [-0.2, 0) is 6.18 Å². The van der Waals surface area contributed by atoms with E-state index >= 15 is 0 Å². The highest BCUT2D eigenvalue weighted by Gasteiger charge is 2.35. The van der Waals surface area contributed by atoms with Crippen LogP contribution in [0, 0.1) is 12.8 Å². The van der Waals surface area contributed by atoms with E-state index in [2.05, 4.69) is 44.0 Å². The zero-order valence-corrected chi connectivity index (χ0v) is 27.6. The number of dihydropyridines is 1. The molecule has 4 N–H and O–H groups in total. The molecule has 0 radical (unpaired) electrons. The summed E-state index contributed by atoms with van der Waals surface area (Å²) in [6, 6.07) is 8.26. The molecule has 0 atom stereocenters. The number of nitrogens with zero attached hydrogens (tertiary/aromatic N) is 5. The molecule has 0 unspecified atom stereocenters. The number of hydrogen-bond acceptors (Lipinski definition) is 9. The predicted octanol–water partition coefficient (Wildman–Crippen LogP) is 5.33. The number of amidine groups is 1. The number of methoxy groups -OCH3 is 1. The van der Waals surface area contributed by atoms with Crippen LogP contribution in [0.25, 0.3) is 0 Å². The van der Waals surface area contributed by atoms with Crippen molar-refractivity contribution in [2.45, 2.75) is 25.9 Å². The molecule has 0 saturated carbocycles. The monoisotopic (exact) mass is 664 g/mol. The van der Waals surface area contributed by atoms with Gasteiger partial charge < -0.3 is 30.9 Å². The van der Waals surface area contributed by atoms with E-state index in [4.69, 9.17) is 15.5 Å². The Morgan fingerprint density at radius 2 is 1.81 bits per heavy atom. The van der Waals surface area contributed by atoms with Crippen LogP contribution < -0.4 is 21.1 Å². The zero-order valence-electron chi connectivity index (χ0n) is 27.6. The lowest BCUT2D eigenvalue weighted by molar-refractivity contribution is -0.138. The molecule has 0 aromatic heterocycles. The summed E-state index contributed by atoms with van der Waals surface area (Å²) in [5, 5.41) is 5.72. The number of carbonyl (C=O) groups is 1. The summed E-state index contributed by atoms with van der Waals surface area (Å²) >= 11 is 0. The van der Waals surface area contributed by atoms with Crippen LogP contribution in [0.2, 0.25) is 0 Å². The number of amides is 1. The lowest BCUT2D eigenvalue weighted by Crippen LogP contribution is -2.50. The highest BCUT2D eigenvalue weighted by Crippen LogP contribution is 2.38. The van der Waals surface area contributed by atoms with Gasteiger partial charge in [-0.25, -0.2) is 4.99 Å². The summed E-state index contributed by atoms with van der Waals surface area (Å²) in [6.07, 6.45) is 3.07. The Balaban J connectivity index is 1.30. The Kier molecular flexibility index (Phi) is 10.9. The number of aliphatic imine (C=N–C) groups is 2. The molecular weight excluding hydrogens is 621 g/mol. The number of anilines is 2. The SMILES string of the molecule is C=C/N=C1/C=CC(N2CCN(CC3CCN(C)CC3)CC2)=N/C1=C(/N)Nc1cc(C(=O)Nc2ccc(OC)c(C(F)(F)F)c2)ccc1C. The van der Waals surface area contributed by atoms with Crippen LogP contribution in [0.1, 0.15) is 34.3 Å². The van der Waals surface area contributed by atoms with E-state index in [-0.39, 0.29) is 22.8 Å². The molecule has 3 aliphatic rings. The van der Waals surface area contributed by atoms with Gasteiger partial charge in [-0.3, -0.25) is 14.7 Å². The fourth-order valence-electron chi connectivity index (χ4n) is 6.10. The fourth-order valence-corrected chi connectivity index (χ4v) is 6.10. The molecule has 0 aliphatic carbocycles. The number of aryl methyl sites for hydroxylation is 1. The van der Waals surface area contributed by atoms with Crippen LogP contribution >= 0.6 is 0 Å². The Labute approximate surface area is 279 Å². The Morgan fingerprint density at radius 3 is 2.48 bits per heavy atom. The molecule has 48 heavy (non-hydrogen) atoms. The number of nitrogens with one attached hydrogen (secondary N) is 2. The molecule has 5 rings (SSSR count). The Bertz CT molecular complexity index is 1630. The van der Waals surface area contributed by atoms with E-state index in [0.29, 0.717) is 17.1 Å². The summed E-state index contributed by atoms with van der Waals surface area (Å²) in [4.78, 5) is 29.6. The van der Waals surface area contributed by atoms with E-state index in [1.807, 2.05) is 19.1 Å². The minimum Gasteiger partial charge on any atom is -0.496 e. The lowest BCUT2D eigenvalue weighted by atomic mass is 9.96. The first-order chi connectivity index (χ1) is 22.9. The summed E-state index contributed by atoms with van der Waals surface area (Å²) in [6.45, 7) is 12.6. The maximum Gasteiger partial charge on any atom is 0.420 e. The van der Waals surface area contributed by atoms with Gasteiger partial charge in [0.15, 0.2) is 0 Å². The quantitative estimate of drug-likeness (QED) is 0.350. The van der Waals surface area contributed by atoms with Crippen molar-refractivity contribution in [1.29, 1.82) is 0 Å². The van der Waals surface area contributed by atoms with Gasteiger partial charge in [0.2, 0.25) is 0 Å². The van der Waals surface area contributed by atoms with E-state index in [1.165, 1.54) is 31.2 Å². The summed E-state index contributed by atoms with van der Waals surface area (Å²) in [5.41, 5.74) is 8.10. The Hall–Kier alpha value is -4.62. The second-order valence-electron chi connectivity index (χ2n) is 12.3. The maximum atomic E-state index is 13.5. The van der Waals surface area contributed by atoms with Crippen molar-refractivity contribution < 1.29 is 22.7 Å². The third-order valence-electron chi connectivity index (χ3n) is 8.93. The van der Waals surface area contributed by atoms with Crippen molar-refractivity contribution in [1.82, 2.24) is 14.7 Å². The molecule has 10 nitrogen and oxygen atoms in total. The van der Waals surface area contributed by atoms with Crippen molar-refractivity contribution in [3.05, 3.63) is 89.5 Å². The largest absolute Gasteiger partial charge is 0.496 e. The molecule has 0 spiro atoms. The third-order valence-corrected chi connectivity index (χ3v) is 8.93. The first-order valence-electron chi connectivity index (χ1n) is 16.0. The van der Waals surface area contributed by atoms with Gasteiger partial charge in [0, 0.05) is 55.9 Å². The number of piperidine rings is 1. The van der Waals surface area contributed by atoms with Gasteiger partial charge in [0.25, 0.3) is 5.91 Å². The molecular formula is C35H43F3N8O2. The van der Waals surface area contributed by atoms with Crippen molar-refractivity contribution in [2.24, 2.45) is 21.6 Å². The molecule has 1 amide bonds. The highest BCUT2D eigenvalue weighted by atomic mass is 19.4. The minimum atomic E-state index is -4.65. The molecule has 13 heteroatoms. The molecule has 2 fully saturated rings. The average Bonchev–Trinajstić information content (AvgIpc) is 3.07. The first kappa shape index (κ1) is 34.7. The molecule has 2 saturated heterocycles. The molecule has 2 aromatic rings. The summed E-state index contributed by atoms with van der Waals surface area (Å²) in [7, 11) is 3.34. The van der Waals surface area contributed by atoms with Gasteiger partial charge in [-0.05, 0) is 93.9 Å². The molecule has 3 heterocycles. The number of hydrogen-bond donors (Lipinski definition) is 3. The molecule has 256 valence electrons. The number of halogens is 3. The normalized spacial score (nSPS) is 20.0. The fraction of sp³-hybridized carbons (Fsp3) is 0.400.